The van der Waals surface area contributed by atoms with Crippen LogP contribution < -0.4 is 10.8 Å². The number of amidine groups is 1. The van der Waals surface area contributed by atoms with Gasteiger partial charge in [-0.3, -0.25) is 5.73 Å². The first-order valence-corrected chi connectivity index (χ1v) is 12.3. The van der Waals surface area contributed by atoms with Gasteiger partial charge in [-0.2, -0.15) is 0 Å². The molecule has 0 bridgehead atoms. The summed E-state index contributed by atoms with van der Waals surface area (Å²) >= 11 is 0. The minimum absolute atomic E-state index is 0.105. The molecule has 0 aromatic rings. The van der Waals surface area contributed by atoms with Crippen LogP contribution in [0.1, 0.15) is 110 Å². The number of carbonyl (C=O) groups excluding carboxylic acids is 1. The third-order valence-electron chi connectivity index (χ3n) is 6.07. The van der Waals surface area contributed by atoms with Crippen molar-refractivity contribution in [2.45, 2.75) is 116 Å². The Kier molecular flexibility index (Phi) is 14.4. The molecule has 0 aliphatic carbocycles. The molecule has 2 atom stereocenters. The van der Waals surface area contributed by atoms with E-state index < -0.39 is 5.97 Å². The van der Waals surface area contributed by atoms with Gasteiger partial charge in [0.15, 0.2) is 0 Å². The minimum Gasteiger partial charge on any atom is -0.544 e. The molecule has 1 aliphatic rings. The van der Waals surface area contributed by atoms with Gasteiger partial charge in [-0.25, -0.2) is 9.48 Å². The maximum atomic E-state index is 11.2. The van der Waals surface area contributed by atoms with Crippen molar-refractivity contribution in [1.29, 1.82) is 0 Å². The van der Waals surface area contributed by atoms with E-state index in [1.165, 1.54) is 77.0 Å². The summed E-state index contributed by atoms with van der Waals surface area (Å²) < 4.78 is 0.105. The quantitative estimate of drug-likeness (QED) is 0.178. The van der Waals surface area contributed by atoms with Gasteiger partial charge in [0.25, 0.3) is 0 Å². The Morgan fingerprint density at radius 1 is 1.00 bits per heavy atom. The van der Waals surface area contributed by atoms with E-state index in [4.69, 9.17) is 5.73 Å². The molecule has 0 aromatic heterocycles. The van der Waals surface area contributed by atoms with Crippen LogP contribution >= 0.6 is 0 Å². The monoisotopic (exact) mass is 419 g/mol. The van der Waals surface area contributed by atoms with E-state index >= 15 is 0 Å². The van der Waals surface area contributed by atoms with Crippen LogP contribution in [0.25, 0.3) is 0 Å². The van der Waals surface area contributed by atoms with Crippen molar-refractivity contribution in [3.05, 3.63) is 24.6 Å². The zero-order valence-corrected chi connectivity index (χ0v) is 19.5. The first-order chi connectivity index (χ1) is 14.5. The summed E-state index contributed by atoms with van der Waals surface area (Å²) in [5, 5.41) is 11.2. The average Bonchev–Trinajstić information content (AvgIpc) is 3.10. The van der Waals surface area contributed by atoms with E-state index in [9.17, 15) is 9.90 Å². The van der Waals surface area contributed by atoms with Crippen LogP contribution in [-0.4, -0.2) is 29.0 Å². The number of carboxylic acid groups (broad SMARTS) is 1. The van der Waals surface area contributed by atoms with Crippen molar-refractivity contribution in [3.8, 4) is 0 Å². The lowest BCUT2D eigenvalue weighted by atomic mass is 10.1. The highest BCUT2D eigenvalue weighted by Gasteiger charge is 2.38. The van der Waals surface area contributed by atoms with Crippen LogP contribution in [0.3, 0.4) is 0 Å². The fourth-order valence-electron chi connectivity index (χ4n) is 4.11. The number of aliphatic imine (C=N–C) groups is 1. The molecule has 5 nitrogen and oxygen atoms in total. The summed E-state index contributed by atoms with van der Waals surface area (Å²) in [5.41, 5.74) is 6.08. The van der Waals surface area contributed by atoms with Crippen LogP contribution in [0, 0.1) is 0 Å². The van der Waals surface area contributed by atoms with Gasteiger partial charge in [0, 0.05) is 13.3 Å². The highest BCUT2D eigenvalue weighted by Crippen LogP contribution is 2.23. The predicted molar refractivity (Wildman–Crippen MR) is 124 cm³/mol. The van der Waals surface area contributed by atoms with Crippen molar-refractivity contribution in [3.63, 3.8) is 0 Å². The van der Waals surface area contributed by atoms with Crippen molar-refractivity contribution in [1.82, 2.24) is 0 Å². The van der Waals surface area contributed by atoms with Crippen LogP contribution in [0.2, 0.25) is 0 Å². The molecule has 0 amide bonds. The highest BCUT2D eigenvalue weighted by molar-refractivity contribution is 5.81. The fourth-order valence-corrected chi connectivity index (χ4v) is 4.11. The SMILES string of the molecule is CCCCCCCC/C=C/CCCCCCCCC1=NC=C[N+]1(CC(=O)[O-])C(C)N. The zero-order chi connectivity index (χ0) is 22.1. The molecule has 2 N–H and O–H groups in total. The van der Waals surface area contributed by atoms with Crippen LogP contribution in [-0.2, 0) is 4.79 Å². The van der Waals surface area contributed by atoms with Crippen molar-refractivity contribution >= 4 is 11.8 Å². The molecular weight excluding hydrogens is 374 g/mol. The molecule has 2 unspecified atom stereocenters. The highest BCUT2D eigenvalue weighted by atomic mass is 16.4. The van der Waals surface area contributed by atoms with Gasteiger partial charge in [-0.15, -0.1) is 0 Å². The second-order valence-corrected chi connectivity index (χ2v) is 8.73. The zero-order valence-electron chi connectivity index (χ0n) is 19.5. The van der Waals surface area contributed by atoms with E-state index in [0.717, 1.165) is 25.1 Å². The van der Waals surface area contributed by atoms with Crippen molar-refractivity contribution < 1.29 is 14.4 Å². The van der Waals surface area contributed by atoms with E-state index in [1.807, 2.05) is 6.92 Å². The normalized spacial score (nSPS) is 19.5. The van der Waals surface area contributed by atoms with Crippen LogP contribution in [0.5, 0.6) is 0 Å². The number of unbranched alkanes of at least 4 members (excludes halogenated alkanes) is 12. The lowest BCUT2D eigenvalue weighted by Crippen LogP contribution is -2.60. The molecule has 1 aliphatic heterocycles. The van der Waals surface area contributed by atoms with E-state index in [0.29, 0.717) is 0 Å². The molecule has 0 fully saturated rings. The summed E-state index contributed by atoms with van der Waals surface area (Å²) in [6.45, 7) is 3.95. The van der Waals surface area contributed by atoms with E-state index in [2.05, 4.69) is 24.1 Å². The number of hydrogen-bond donors (Lipinski definition) is 1. The molecular formula is C25H45N3O2. The molecule has 0 aromatic carbocycles. The third kappa shape index (κ3) is 10.5. The average molecular weight is 420 g/mol. The van der Waals surface area contributed by atoms with Gasteiger partial charge in [0.1, 0.15) is 18.9 Å². The van der Waals surface area contributed by atoms with Crippen molar-refractivity contribution in [2.75, 3.05) is 6.54 Å². The Balaban J connectivity index is 2.02. The second-order valence-electron chi connectivity index (χ2n) is 8.73. The Bertz CT molecular complexity index is 555. The molecule has 0 spiro atoms. The fraction of sp³-hybridized carbons (Fsp3) is 0.760. The molecule has 5 heteroatoms. The molecule has 1 rings (SSSR count). The number of rotatable bonds is 19. The van der Waals surface area contributed by atoms with E-state index in [-0.39, 0.29) is 17.2 Å². The summed E-state index contributed by atoms with van der Waals surface area (Å²) in [6, 6.07) is 0. The number of carbonyl (C=O) groups is 1. The lowest BCUT2D eigenvalue weighted by molar-refractivity contribution is -0.808. The Hall–Kier alpha value is -1.46. The number of nitrogens with two attached hydrogens (primary N) is 1. The first kappa shape index (κ1) is 26.6. The minimum atomic E-state index is -1.09. The predicted octanol–water partition coefficient (Wildman–Crippen LogP) is 5.17. The van der Waals surface area contributed by atoms with Crippen LogP contribution in [0.15, 0.2) is 29.5 Å². The molecule has 30 heavy (non-hydrogen) atoms. The molecule has 1 heterocycles. The number of aliphatic carboxylic acids is 1. The Labute approximate surface area is 184 Å². The van der Waals surface area contributed by atoms with E-state index in [1.54, 1.807) is 12.4 Å². The summed E-state index contributed by atoms with van der Waals surface area (Å²) in [6.07, 6.45) is 26.6. The topological polar surface area (TPSA) is 78.5 Å². The Morgan fingerprint density at radius 3 is 2.07 bits per heavy atom. The third-order valence-corrected chi connectivity index (χ3v) is 6.07. The van der Waals surface area contributed by atoms with Crippen molar-refractivity contribution in [2.24, 2.45) is 10.7 Å². The smallest absolute Gasteiger partial charge is 0.209 e. The van der Waals surface area contributed by atoms with Crippen LogP contribution in [0.4, 0.5) is 0 Å². The summed E-state index contributed by atoms with van der Waals surface area (Å²) in [7, 11) is 0. The largest absolute Gasteiger partial charge is 0.544 e. The summed E-state index contributed by atoms with van der Waals surface area (Å²) in [4.78, 5) is 15.6. The maximum absolute atomic E-state index is 11.2. The number of carboxylic acids is 1. The molecule has 0 saturated heterocycles. The molecule has 0 saturated carbocycles. The van der Waals surface area contributed by atoms with Gasteiger partial charge in [0.2, 0.25) is 5.84 Å². The van der Waals surface area contributed by atoms with Gasteiger partial charge >= 0.3 is 0 Å². The molecule has 0 radical (unpaired) electrons. The van der Waals surface area contributed by atoms with Gasteiger partial charge in [-0.1, -0.05) is 76.9 Å². The van der Waals surface area contributed by atoms with Gasteiger partial charge in [0.05, 0.1) is 12.2 Å². The molecule has 172 valence electrons. The number of hydrogen-bond acceptors (Lipinski definition) is 4. The Morgan fingerprint density at radius 2 is 1.53 bits per heavy atom. The lowest BCUT2D eigenvalue weighted by Gasteiger charge is -2.36. The standard InChI is InChI=1S/C25H45N3O2/c1-3-4-5-6-7-8-9-10-11-12-13-14-15-16-17-18-19-24-27-20-21-28(24,23(2)26)22-25(29)30/h10-11,20-21,23H,3-9,12-19,22,26H2,1-2H3/b11-10+. The van der Waals surface area contributed by atoms with Gasteiger partial charge in [-0.05, 0) is 32.1 Å². The van der Waals surface area contributed by atoms with Gasteiger partial charge < -0.3 is 9.90 Å². The maximum Gasteiger partial charge on any atom is 0.209 e. The number of quaternary nitrogens is 1. The second kappa shape index (κ2) is 16.3. The first-order valence-electron chi connectivity index (χ1n) is 12.3. The number of allylic oxidation sites excluding steroid dienone is 2. The number of nitrogens with zero attached hydrogens (tertiary/aromatic N) is 2. The summed E-state index contributed by atoms with van der Waals surface area (Å²) in [5.74, 6) is -0.239.